The van der Waals surface area contributed by atoms with Crippen molar-refractivity contribution in [2.45, 2.75) is 23.4 Å². The monoisotopic (exact) mass is 581 g/mol. The molecule has 0 amide bonds. The third kappa shape index (κ3) is 5.74. The summed E-state index contributed by atoms with van der Waals surface area (Å²) in [6, 6.07) is 24.2. The van der Waals surface area contributed by atoms with Crippen molar-refractivity contribution in [2.24, 2.45) is 0 Å². The second-order valence-corrected chi connectivity index (χ2v) is 11.6. The van der Waals surface area contributed by atoms with Gasteiger partial charge in [0.2, 0.25) is 26.6 Å². The van der Waals surface area contributed by atoms with E-state index in [1.165, 1.54) is 5.56 Å². The van der Waals surface area contributed by atoms with Crippen LogP contribution in [0, 0.1) is 0 Å². The molecule has 1 aromatic heterocycles. The van der Waals surface area contributed by atoms with E-state index in [1.807, 2.05) is 54.3 Å². The fraction of sp³-hybridized carbons (Fsp3) is 0.250. The van der Waals surface area contributed by atoms with Gasteiger partial charge in [-0.25, -0.2) is 8.42 Å². The quantitative estimate of drug-likeness (QED) is 0.266. The molecule has 0 N–H and O–H groups in total. The SMILES string of the molecule is CCOc1ccc(-c2nc(S(=O)(=O)c3ccc(Br)cc3)c(N3CCN(Cc4ccccc4)CC3)o2)cc1. The second kappa shape index (κ2) is 11.1. The Hall–Kier alpha value is -3.14. The molecule has 3 aromatic carbocycles. The first-order valence-electron chi connectivity index (χ1n) is 12.2. The Bertz CT molecular complexity index is 1430. The summed E-state index contributed by atoms with van der Waals surface area (Å²) in [7, 11) is -3.91. The summed E-state index contributed by atoms with van der Waals surface area (Å²) >= 11 is 3.37. The molecule has 0 unspecified atom stereocenters. The Morgan fingerprint density at radius 1 is 0.919 bits per heavy atom. The number of hydrogen-bond donors (Lipinski definition) is 0. The van der Waals surface area contributed by atoms with E-state index in [-0.39, 0.29) is 21.7 Å². The highest BCUT2D eigenvalue weighted by atomic mass is 79.9. The van der Waals surface area contributed by atoms with Crippen LogP contribution in [0.4, 0.5) is 5.88 Å². The Kier molecular flexibility index (Phi) is 7.64. The van der Waals surface area contributed by atoms with Crippen molar-refractivity contribution in [3.05, 3.63) is 88.9 Å². The lowest BCUT2D eigenvalue weighted by atomic mass is 10.2. The van der Waals surface area contributed by atoms with Crippen LogP contribution in [0.1, 0.15) is 12.5 Å². The molecule has 0 bridgehead atoms. The third-order valence-corrected chi connectivity index (χ3v) is 8.48. The molecule has 0 spiro atoms. The van der Waals surface area contributed by atoms with E-state index in [2.05, 4.69) is 37.9 Å². The zero-order chi connectivity index (χ0) is 25.8. The van der Waals surface area contributed by atoms with Crippen molar-refractivity contribution in [2.75, 3.05) is 37.7 Å². The normalized spacial score (nSPS) is 14.6. The number of sulfone groups is 1. The highest BCUT2D eigenvalue weighted by Crippen LogP contribution is 2.36. The molecule has 1 saturated heterocycles. The van der Waals surface area contributed by atoms with Gasteiger partial charge in [0.1, 0.15) is 5.75 Å². The zero-order valence-corrected chi connectivity index (χ0v) is 22.9. The van der Waals surface area contributed by atoms with Gasteiger partial charge in [-0.3, -0.25) is 4.90 Å². The lowest BCUT2D eigenvalue weighted by Gasteiger charge is -2.34. The van der Waals surface area contributed by atoms with Gasteiger partial charge in [-0.2, -0.15) is 4.98 Å². The molecule has 1 aliphatic rings. The molecule has 0 atom stereocenters. The summed E-state index contributed by atoms with van der Waals surface area (Å²) < 4.78 is 39.9. The fourth-order valence-electron chi connectivity index (χ4n) is 4.33. The van der Waals surface area contributed by atoms with Gasteiger partial charge in [0.25, 0.3) is 0 Å². The average molecular weight is 583 g/mol. The van der Waals surface area contributed by atoms with Gasteiger partial charge in [-0.15, -0.1) is 0 Å². The van der Waals surface area contributed by atoms with E-state index in [4.69, 9.17) is 9.15 Å². The van der Waals surface area contributed by atoms with Gasteiger partial charge < -0.3 is 14.1 Å². The molecule has 192 valence electrons. The number of oxazole rings is 1. The molecule has 4 aromatic rings. The Balaban J connectivity index is 1.45. The number of halogens is 1. The maximum atomic E-state index is 13.7. The number of nitrogens with zero attached hydrogens (tertiary/aromatic N) is 3. The molecule has 0 radical (unpaired) electrons. The lowest BCUT2D eigenvalue weighted by molar-refractivity contribution is 0.245. The summed E-state index contributed by atoms with van der Waals surface area (Å²) in [5.74, 6) is 1.28. The second-order valence-electron chi connectivity index (χ2n) is 8.79. The molecule has 37 heavy (non-hydrogen) atoms. The number of rotatable bonds is 8. The first kappa shape index (κ1) is 25.5. The maximum absolute atomic E-state index is 13.7. The number of aromatic nitrogens is 1. The van der Waals surface area contributed by atoms with E-state index < -0.39 is 9.84 Å². The zero-order valence-electron chi connectivity index (χ0n) is 20.5. The van der Waals surface area contributed by atoms with Crippen molar-refractivity contribution in [3.8, 4) is 17.2 Å². The summed E-state index contributed by atoms with van der Waals surface area (Å²) in [4.78, 5) is 9.04. The van der Waals surface area contributed by atoms with Gasteiger partial charge in [0, 0.05) is 42.8 Å². The predicted octanol–water partition coefficient (Wildman–Crippen LogP) is 5.66. The largest absolute Gasteiger partial charge is 0.494 e. The summed E-state index contributed by atoms with van der Waals surface area (Å²) in [5.41, 5.74) is 1.94. The van der Waals surface area contributed by atoms with Crippen LogP contribution in [0.5, 0.6) is 5.75 Å². The molecule has 1 aliphatic heterocycles. The predicted molar refractivity (Wildman–Crippen MR) is 147 cm³/mol. The number of benzene rings is 3. The van der Waals surface area contributed by atoms with Gasteiger partial charge >= 0.3 is 0 Å². The summed E-state index contributed by atoms with van der Waals surface area (Å²) in [5, 5.41) is -0.0600. The molecule has 5 rings (SSSR count). The fourth-order valence-corrected chi connectivity index (χ4v) is 5.92. The van der Waals surface area contributed by atoms with Crippen LogP contribution in [0.3, 0.4) is 0 Å². The van der Waals surface area contributed by atoms with Gasteiger partial charge in [-0.1, -0.05) is 46.3 Å². The minimum Gasteiger partial charge on any atom is -0.494 e. The first-order chi connectivity index (χ1) is 17.9. The molecule has 1 fully saturated rings. The van der Waals surface area contributed by atoms with E-state index in [0.717, 1.165) is 29.9 Å². The van der Waals surface area contributed by atoms with Crippen molar-refractivity contribution in [1.82, 2.24) is 9.88 Å². The highest BCUT2D eigenvalue weighted by Gasteiger charge is 2.33. The van der Waals surface area contributed by atoms with Crippen LogP contribution >= 0.6 is 15.9 Å². The third-order valence-electron chi connectivity index (χ3n) is 6.28. The molecule has 2 heterocycles. The smallest absolute Gasteiger partial charge is 0.236 e. The van der Waals surface area contributed by atoms with Crippen LogP contribution in [-0.2, 0) is 16.4 Å². The molecule has 7 nitrogen and oxygen atoms in total. The van der Waals surface area contributed by atoms with Crippen LogP contribution in [-0.4, -0.2) is 51.1 Å². The summed E-state index contributed by atoms with van der Waals surface area (Å²) in [6.45, 7) is 6.17. The first-order valence-corrected chi connectivity index (χ1v) is 14.5. The molecular formula is C28H28BrN3O4S. The van der Waals surface area contributed by atoms with Gasteiger partial charge in [0.15, 0.2) is 0 Å². The highest BCUT2D eigenvalue weighted by molar-refractivity contribution is 9.10. The van der Waals surface area contributed by atoms with Crippen molar-refractivity contribution in [1.29, 1.82) is 0 Å². The Labute approximate surface area is 225 Å². The summed E-state index contributed by atoms with van der Waals surface area (Å²) in [6.07, 6.45) is 0. The van der Waals surface area contributed by atoms with Crippen LogP contribution in [0.2, 0.25) is 0 Å². The molecular weight excluding hydrogens is 554 g/mol. The minimum atomic E-state index is -3.91. The lowest BCUT2D eigenvalue weighted by Crippen LogP contribution is -2.46. The van der Waals surface area contributed by atoms with Gasteiger partial charge in [-0.05, 0) is 61.0 Å². The Morgan fingerprint density at radius 2 is 1.59 bits per heavy atom. The van der Waals surface area contributed by atoms with Crippen LogP contribution in [0.25, 0.3) is 11.5 Å². The molecule has 0 saturated carbocycles. The topological polar surface area (TPSA) is 75.9 Å². The Morgan fingerprint density at radius 3 is 2.24 bits per heavy atom. The number of ether oxygens (including phenoxy) is 1. The minimum absolute atomic E-state index is 0.0600. The van der Waals surface area contributed by atoms with E-state index in [0.29, 0.717) is 25.3 Å². The molecule has 9 heteroatoms. The van der Waals surface area contributed by atoms with Gasteiger partial charge in [0.05, 0.1) is 11.5 Å². The van der Waals surface area contributed by atoms with Crippen molar-refractivity contribution >= 4 is 31.7 Å². The van der Waals surface area contributed by atoms with Crippen molar-refractivity contribution < 1.29 is 17.6 Å². The van der Waals surface area contributed by atoms with E-state index in [1.54, 1.807) is 24.3 Å². The number of piperazine rings is 1. The van der Waals surface area contributed by atoms with Crippen LogP contribution < -0.4 is 9.64 Å². The van der Waals surface area contributed by atoms with Crippen molar-refractivity contribution in [3.63, 3.8) is 0 Å². The van der Waals surface area contributed by atoms with Crippen LogP contribution in [0.15, 0.2) is 97.7 Å². The number of anilines is 1. The standard InChI is InChI=1S/C28H28BrN3O4S/c1-2-35-24-12-8-22(9-13-24)26-30-27(37(33,34)25-14-10-23(29)11-15-25)28(36-26)32-18-16-31(17-19-32)20-21-6-4-3-5-7-21/h3-15H,2,16-20H2,1H3. The van der Waals surface area contributed by atoms with E-state index >= 15 is 0 Å². The average Bonchev–Trinajstić information content (AvgIpc) is 3.37. The maximum Gasteiger partial charge on any atom is 0.236 e. The van der Waals surface area contributed by atoms with E-state index in [9.17, 15) is 8.42 Å². The number of hydrogen-bond acceptors (Lipinski definition) is 7. The molecule has 0 aliphatic carbocycles.